The lowest BCUT2D eigenvalue weighted by Gasteiger charge is -1.92. The molecule has 0 saturated heterocycles. The van der Waals surface area contributed by atoms with Gasteiger partial charge >= 0.3 is 6.16 Å². The van der Waals surface area contributed by atoms with Gasteiger partial charge in [-0.25, -0.2) is 4.89 Å². The van der Waals surface area contributed by atoms with Gasteiger partial charge in [0.1, 0.15) is 8.06 Å². The Morgan fingerprint density at radius 1 is 1.64 bits per heavy atom. The van der Waals surface area contributed by atoms with Crippen molar-refractivity contribution in [2.24, 2.45) is 4.91 Å². The summed E-state index contributed by atoms with van der Waals surface area (Å²) in [4.78, 5) is 23.2. The molecule has 0 heterocycles. The molecule has 0 aromatic carbocycles. The van der Waals surface area contributed by atoms with Gasteiger partial charge in [-0.05, 0) is 4.99 Å². The molecule has 10 heteroatoms. The molecule has 0 spiro atoms. The Hall–Kier alpha value is -0.650. The molecule has 0 rings (SSSR count). The molecule has 0 aliphatic heterocycles. The zero-order chi connectivity index (χ0) is 8.53. The predicted octanol–water partition coefficient (Wildman–Crippen LogP) is 2.14. The monoisotopic (exact) mass is 200 g/mol. The van der Waals surface area contributed by atoms with Crippen LogP contribution in [0.2, 0.25) is 0 Å². The molecule has 0 radical (unpaired) electrons. The van der Waals surface area contributed by atoms with Gasteiger partial charge in [-0.15, -0.1) is 0 Å². The smallest absolute Gasteiger partial charge is 0.274 e. The van der Waals surface area contributed by atoms with Gasteiger partial charge in [0.25, 0.3) is 0 Å². The molecular formula is CH2N2O6P2. The fraction of sp³-hybridized carbons (Fsp3) is 0. The van der Waals surface area contributed by atoms with Gasteiger partial charge in [0.15, 0.2) is 0 Å². The molecule has 0 aliphatic rings. The van der Waals surface area contributed by atoms with E-state index < -0.39 is 6.16 Å². The minimum atomic E-state index is -1.49. The van der Waals surface area contributed by atoms with Gasteiger partial charge < -0.3 is 0 Å². The second kappa shape index (κ2) is 7.46. The predicted molar refractivity (Wildman–Crippen MR) is 31.4 cm³/mol. The van der Waals surface area contributed by atoms with Crippen LogP contribution in [0.25, 0.3) is 0 Å². The maximum atomic E-state index is 9.86. The normalized spacial score (nSPS) is 10.3. The molecule has 0 fully saturated rings. The van der Waals surface area contributed by atoms with Crippen LogP contribution in [0.15, 0.2) is 4.91 Å². The van der Waals surface area contributed by atoms with Crippen molar-refractivity contribution in [1.29, 1.82) is 5.16 Å². The Morgan fingerprint density at radius 3 is 2.91 bits per heavy atom. The molecule has 0 aliphatic carbocycles. The topological polar surface area (TPSA) is 110 Å². The first-order chi connectivity index (χ1) is 5.31. The van der Waals surface area contributed by atoms with Crippen molar-refractivity contribution in [2.75, 3.05) is 0 Å². The number of hydrogen-bond donors (Lipinski definition) is 2. The van der Waals surface area contributed by atoms with Gasteiger partial charge in [-0.1, -0.05) is 4.91 Å². The van der Waals surface area contributed by atoms with Crippen molar-refractivity contribution in [3.63, 3.8) is 0 Å². The number of rotatable bonds is 4. The summed E-state index contributed by atoms with van der Waals surface area (Å²) in [6.07, 6.45) is -1.49. The highest BCUT2D eigenvalue weighted by Gasteiger charge is 2.02. The molecule has 11 heavy (non-hydrogen) atoms. The highest BCUT2D eigenvalue weighted by Crippen LogP contribution is 2.17. The molecule has 2 N–H and O–H groups in total. The van der Waals surface area contributed by atoms with Crippen LogP contribution in [0.3, 0.4) is 0 Å². The average molecular weight is 200 g/mol. The highest BCUT2D eigenvalue weighted by molar-refractivity contribution is 8.01. The van der Waals surface area contributed by atoms with Crippen LogP contribution < -0.4 is 0 Å². The molecule has 0 bridgehead atoms. The Labute approximate surface area is 63.2 Å². The van der Waals surface area contributed by atoms with Crippen molar-refractivity contribution in [3.05, 3.63) is 0 Å². The summed E-state index contributed by atoms with van der Waals surface area (Å²) in [6.45, 7) is 0. The van der Waals surface area contributed by atoms with E-state index in [1.54, 1.807) is 0 Å². The summed E-state index contributed by atoms with van der Waals surface area (Å²) in [7, 11) is 0.460. The van der Waals surface area contributed by atoms with Gasteiger partial charge in [0, 0.05) is 5.04 Å². The molecule has 0 saturated carbocycles. The van der Waals surface area contributed by atoms with E-state index in [1.165, 1.54) is 0 Å². The van der Waals surface area contributed by atoms with E-state index in [4.69, 9.17) is 10.4 Å². The zero-order valence-electron chi connectivity index (χ0n) is 4.83. The van der Waals surface area contributed by atoms with E-state index in [0.717, 1.165) is 0 Å². The van der Waals surface area contributed by atoms with E-state index >= 15 is 0 Å². The zero-order valence-corrected chi connectivity index (χ0v) is 6.62. The third-order valence-electron chi connectivity index (χ3n) is 0.322. The van der Waals surface area contributed by atoms with Gasteiger partial charge in [0.2, 0.25) is 0 Å². The van der Waals surface area contributed by atoms with Crippen molar-refractivity contribution in [3.8, 4) is 0 Å². The van der Waals surface area contributed by atoms with E-state index in [9.17, 15) is 4.79 Å². The Balaban J connectivity index is 3.20. The number of hydrogen-bond acceptors (Lipinski definition) is 8. The van der Waals surface area contributed by atoms with E-state index in [0.29, 0.717) is 0 Å². The van der Waals surface area contributed by atoms with E-state index in [-0.39, 0.29) is 16.1 Å². The molecule has 0 amide bonds. The summed E-state index contributed by atoms with van der Waals surface area (Å²) >= 11 is 0. The molecule has 0 atom stereocenters. The molecule has 0 aromatic heterocycles. The Kier molecular flexibility index (Phi) is 7.02. The first-order valence-electron chi connectivity index (χ1n) is 1.93. The number of nitrogens with zero attached hydrogens (tertiary/aromatic N) is 1. The SMILES string of the molecule is N=PP=NOOOC(=O)OO. The lowest BCUT2D eigenvalue weighted by atomic mass is 11.4. The average Bonchev–Trinajstić information content (AvgIpc) is 2.04. The first kappa shape index (κ1) is 10.3. The highest BCUT2D eigenvalue weighted by atomic mass is 32.0. The quantitative estimate of drug-likeness (QED) is 0.311. The molecule has 0 unspecified atom stereocenters. The molecule has 62 valence electrons. The van der Waals surface area contributed by atoms with Gasteiger partial charge in [0.05, 0.1) is 8.06 Å². The van der Waals surface area contributed by atoms with Crippen LogP contribution in [0.1, 0.15) is 0 Å². The van der Waals surface area contributed by atoms with Crippen LogP contribution in [0, 0.1) is 5.16 Å². The maximum absolute atomic E-state index is 9.86. The van der Waals surface area contributed by atoms with Gasteiger partial charge in [-0.3, -0.25) is 10.0 Å². The maximum Gasteiger partial charge on any atom is 0.575 e. The summed E-state index contributed by atoms with van der Waals surface area (Å²) in [5.41, 5.74) is 0. The van der Waals surface area contributed by atoms with Crippen LogP contribution >= 0.6 is 16.1 Å². The van der Waals surface area contributed by atoms with Crippen molar-refractivity contribution < 1.29 is 29.9 Å². The van der Waals surface area contributed by atoms with E-state index in [1.807, 2.05) is 0 Å². The Bertz CT molecular complexity index is 159. The summed E-state index contributed by atoms with van der Waals surface area (Å²) in [6, 6.07) is 0. The number of carbonyl (C=O) groups excluding carboxylic acids is 1. The second-order valence-electron chi connectivity index (χ2n) is 0.838. The van der Waals surface area contributed by atoms with Crippen LogP contribution in [0.4, 0.5) is 4.79 Å². The summed E-state index contributed by atoms with van der Waals surface area (Å²) < 4.78 is 0. The minimum absolute atomic E-state index is 0.194. The molecule has 0 aromatic rings. The second-order valence-corrected chi connectivity index (χ2v) is 2.52. The van der Waals surface area contributed by atoms with Crippen molar-refractivity contribution >= 4 is 22.3 Å². The third-order valence-corrected chi connectivity index (χ3v) is 1.04. The first-order valence-corrected chi connectivity index (χ1v) is 4.38. The standard InChI is InChI=1S/CH2N2O6P2/c2-10-11-3-8-9-7-1(4)6-5/h2,5H. The lowest BCUT2D eigenvalue weighted by Crippen LogP contribution is -2.03. The molecular weight excluding hydrogens is 198 g/mol. The number of nitrogens with one attached hydrogen (secondary N) is 1. The lowest BCUT2D eigenvalue weighted by molar-refractivity contribution is -0.493. The fourth-order valence-electron chi connectivity index (χ4n) is 0.105. The summed E-state index contributed by atoms with van der Waals surface area (Å²) in [5.74, 6) is 0. The van der Waals surface area contributed by atoms with Crippen LogP contribution in [0.5, 0.6) is 0 Å². The molecule has 8 nitrogen and oxygen atoms in total. The summed E-state index contributed by atoms with van der Waals surface area (Å²) in [5, 5.41) is 17.7. The third kappa shape index (κ3) is 7.24. The van der Waals surface area contributed by atoms with Crippen LogP contribution in [-0.2, 0) is 19.8 Å². The number of carbonyl (C=O) groups is 1. The van der Waals surface area contributed by atoms with Crippen LogP contribution in [-0.4, -0.2) is 11.4 Å². The largest absolute Gasteiger partial charge is 0.575 e. The Morgan fingerprint density at radius 2 is 2.36 bits per heavy atom. The van der Waals surface area contributed by atoms with Crippen molar-refractivity contribution in [1.82, 2.24) is 0 Å². The van der Waals surface area contributed by atoms with Crippen molar-refractivity contribution in [2.45, 2.75) is 0 Å². The fourth-order valence-corrected chi connectivity index (χ4v) is 0.398. The van der Waals surface area contributed by atoms with E-state index in [2.05, 4.69) is 24.7 Å². The van der Waals surface area contributed by atoms with Gasteiger partial charge in [-0.2, -0.15) is 10.1 Å². The minimum Gasteiger partial charge on any atom is -0.274 e.